The quantitative estimate of drug-likeness (QED) is 0.840. The molecule has 0 saturated heterocycles. The van der Waals surface area contributed by atoms with Crippen molar-refractivity contribution >= 4 is 40.4 Å². The van der Waals surface area contributed by atoms with Crippen molar-refractivity contribution in [3.63, 3.8) is 0 Å². The SMILES string of the molecule is NC(=S)C1(C(=O)Nc2ccc(Cl)c(F)c2)CCC1. The second-order valence-electron chi connectivity index (χ2n) is 4.38. The molecular weight excluding hydrogens is 275 g/mol. The van der Waals surface area contributed by atoms with Crippen LogP contribution in [-0.2, 0) is 4.79 Å². The third kappa shape index (κ3) is 2.20. The minimum atomic E-state index is -0.772. The molecule has 18 heavy (non-hydrogen) atoms. The van der Waals surface area contributed by atoms with E-state index >= 15 is 0 Å². The minimum absolute atomic E-state index is 0.0145. The molecule has 1 aliphatic carbocycles. The molecule has 96 valence electrons. The summed E-state index contributed by atoms with van der Waals surface area (Å²) in [6, 6.07) is 4.10. The van der Waals surface area contributed by atoms with Gasteiger partial charge in [-0.3, -0.25) is 4.79 Å². The van der Waals surface area contributed by atoms with E-state index in [1.807, 2.05) is 0 Å². The Hall–Kier alpha value is -1.20. The molecule has 0 unspecified atom stereocenters. The molecule has 1 aromatic carbocycles. The summed E-state index contributed by atoms with van der Waals surface area (Å²) in [5.74, 6) is -0.851. The Balaban J connectivity index is 2.16. The highest BCUT2D eigenvalue weighted by molar-refractivity contribution is 7.80. The van der Waals surface area contributed by atoms with Crippen LogP contribution in [0.2, 0.25) is 5.02 Å². The van der Waals surface area contributed by atoms with Crippen LogP contribution in [0.4, 0.5) is 10.1 Å². The van der Waals surface area contributed by atoms with Crippen LogP contribution < -0.4 is 11.1 Å². The molecule has 0 radical (unpaired) electrons. The molecule has 1 amide bonds. The molecule has 3 nitrogen and oxygen atoms in total. The second-order valence-corrected chi connectivity index (χ2v) is 5.23. The molecule has 0 atom stereocenters. The molecule has 0 aliphatic heterocycles. The Bertz CT molecular complexity index is 517. The first-order chi connectivity index (χ1) is 8.45. The maximum absolute atomic E-state index is 13.2. The molecule has 0 aromatic heterocycles. The van der Waals surface area contributed by atoms with Crippen LogP contribution in [-0.4, -0.2) is 10.9 Å². The number of carbonyl (C=O) groups is 1. The Morgan fingerprint density at radius 3 is 2.61 bits per heavy atom. The number of thiocarbonyl (C=S) groups is 1. The van der Waals surface area contributed by atoms with Crippen LogP contribution in [0, 0.1) is 11.2 Å². The van der Waals surface area contributed by atoms with Gasteiger partial charge in [-0.15, -0.1) is 0 Å². The smallest absolute Gasteiger partial charge is 0.237 e. The van der Waals surface area contributed by atoms with Gasteiger partial charge in [0, 0.05) is 5.69 Å². The lowest BCUT2D eigenvalue weighted by molar-refractivity contribution is -0.125. The lowest BCUT2D eigenvalue weighted by atomic mass is 9.68. The molecule has 1 saturated carbocycles. The van der Waals surface area contributed by atoms with E-state index in [-0.39, 0.29) is 15.9 Å². The van der Waals surface area contributed by atoms with Crippen LogP contribution in [0.1, 0.15) is 19.3 Å². The van der Waals surface area contributed by atoms with Crippen LogP contribution >= 0.6 is 23.8 Å². The summed E-state index contributed by atoms with van der Waals surface area (Å²) in [6.45, 7) is 0. The van der Waals surface area contributed by atoms with Crippen molar-refractivity contribution in [2.45, 2.75) is 19.3 Å². The predicted octanol–water partition coefficient (Wildman–Crippen LogP) is 2.87. The lowest BCUT2D eigenvalue weighted by Gasteiger charge is -2.39. The summed E-state index contributed by atoms with van der Waals surface area (Å²) in [4.78, 5) is 12.3. The number of halogens is 2. The second kappa shape index (κ2) is 4.82. The number of rotatable bonds is 3. The number of carbonyl (C=O) groups excluding carboxylic acids is 1. The Morgan fingerprint density at radius 2 is 2.17 bits per heavy atom. The maximum Gasteiger partial charge on any atom is 0.237 e. The third-order valence-electron chi connectivity index (χ3n) is 3.29. The zero-order chi connectivity index (χ0) is 13.3. The molecular formula is C12H12ClFN2OS. The molecule has 0 heterocycles. The van der Waals surface area contributed by atoms with Crippen LogP contribution in [0.3, 0.4) is 0 Å². The Morgan fingerprint density at radius 1 is 1.50 bits per heavy atom. The third-order valence-corrected chi connectivity index (χ3v) is 3.99. The van der Waals surface area contributed by atoms with Crippen molar-refractivity contribution < 1.29 is 9.18 Å². The topological polar surface area (TPSA) is 55.1 Å². The fraction of sp³-hybridized carbons (Fsp3) is 0.333. The first kappa shape index (κ1) is 13.2. The van der Waals surface area contributed by atoms with Gasteiger partial charge in [-0.2, -0.15) is 0 Å². The highest BCUT2D eigenvalue weighted by atomic mass is 35.5. The summed E-state index contributed by atoms with van der Waals surface area (Å²) in [7, 11) is 0. The van der Waals surface area contributed by atoms with Crippen molar-refractivity contribution in [2.75, 3.05) is 5.32 Å². The minimum Gasteiger partial charge on any atom is -0.392 e. The normalized spacial score (nSPS) is 16.8. The number of nitrogens with one attached hydrogen (secondary N) is 1. The van der Waals surface area contributed by atoms with Gasteiger partial charge in [0.1, 0.15) is 5.82 Å². The van der Waals surface area contributed by atoms with E-state index in [1.54, 1.807) is 0 Å². The molecule has 6 heteroatoms. The van der Waals surface area contributed by atoms with E-state index in [9.17, 15) is 9.18 Å². The highest BCUT2D eigenvalue weighted by Crippen LogP contribution is 2.42. The first-order valence-electron chi connectivity index (χ1n) is 5.52. The predicted molar refractivity (Wildman–Crippen MR) is 73.1 cm³/mol. The largest absolute Gasteiger partial charge is 0.392 e. The van der Waals surface area contributed by atoms with E-state index < -0.39 is 11.2 Å². The van der Waals surface area contributed by atoms with Crippen LogP contribution in [0.25, 0.3) is 0 Å². The monoisotopic (exact) mass is 286 g/mol. The van der Waals surface area contributed by atoms with Crippen molar-refractivity contribution in [1.29, 1.82) is 0 Å². The van der Waals surface area contributed by atoms with Crippen molar-refractivity contribution in [3.8, 4) is 0 Å². The number of amides is 1. The van der Waals surface area contributed by atoms with Crippen molar-refractivity contribution in [1.82, 2.24) is 0 Å². The zero-order valence-corrected chi connectivity index (χ0v) is 11.1. The number of benzene rings is 1. The maximum atomic E-state index is 13.2. The van der Waals surface area contributed by atoms with Crippen LogP contribution in [0.5, 0.6) is 0 Å². The molecule has 0 bridgehead atoms. The standard InChI is InChI=1S/C12H12ClFN2OS/c13-8-3-2-7(6-9(8)14)16-11(17)12(10(15)18)4-1-5-12/h2-3,6H,1,4-5H2,(H2,15,18)(H,16,17). The number of hydrogen-bond donors (Lipinski definition) is 2. The lowest BCUT2D eigenvalue weighted by Crippen LogP contribution is -2.50. The molecule has 1 fully saturated rings. The average molecular weight is 287 g/mol. The van der Waals surface area contributed by atoms with Gasteiger partial charge in [0.15, 0.2) is 0 Å². The van der Waals surface area contributed by atoms with Gasteiger partial charge < -0.3 is 11.1 Å². The summed E-state index contributed by atoms with van der Waals surface area (Å²) in [5.41, 5.74) is 5.20. The fourth-order valence-electron chi connectivity index (χ4n) is 1.94. The zero-order valence-electron chi connectivity index (χ0n) is 9.50. The Labute approximate surface area is 114 Å². The van der Waals surface area contributed by atoms with Crippen molar-refractivity contribution in [3.05, 3.63) is 29.0 Å². The number of hydrogen-bond acceptors (Lipinski definition) is 2. The number of nitrogens with two attached hydrogens (primary N) is 1. The molecule has 1 aromatic rings. The average Bonchev–Trinajstić information content (AvgIpc) is 2.21. The van der Waals surface area contributed by atoms with E-state index in [0.29, 0.717) is 18.5 Å². The Kier molecular flexibility index (Phi) is 3.54. The molecule has 3 N–H and O–H groups in total. The highest BCUT2D eigenvalue weighted by Gasteiger charge is 2.46. The van der Waals surface area contributed by atoms with Gasteiger partial charge in [0.05, 0.1) is 15.4 Å². The van der Waals surface area contributed by atoms with Crippen molar-refractivity contribution in [2.24, 2.45) is 11.1 Å². The van der Waals surface area contributed by atoms with Gasteiger partial charge in [0.25, 0.3) is 0 Å². The first-order valence-corrected chi connectivity index (χ1v) is 6.31. The van der Waals surface area contributed by atoms with Gasteiger partial charge >= 0.3 is 0 Å². The van der Waals surface area contributed by atoms with E-state index in [2.05, 4.69) is 5.32 Å². The van der Waals surface area contributed by atoms with Gasteiger partial charge in [-0.25, -0.2) is 4.39 Å². The summed E-state index contributed by atoms with van der Waals surface area (Å²) in [5, 5.41) is 2.64. The van der Waals surface area contributed by atoms with Gasteiger partial charge in [0.2, 0.25) is 5.91 Å². The molecule has 1 aliphatic rings. The van der Waals surface area contributed by atoms with Gasteiger partial charge in [-0.1, -0.05) is 30.2 Å². The van der Waals surface area contributed by atoms with E-state index in [1.165, 1.54) is 18.2 Å². The fourth-order valence-corrected chi connectivity index (χ4v) is 2.35. The molecule has 2 rings (SSSR count). The van der Waals surface area contributed by atoms with E-state index in [4.69, 9.17) is 29.6 Å². The molecule has 0 spiro atoms. The number of anilines is 1. The summed E-state index contributed by atoms with van der Waals surface area (Å²) >= 11 is 10.5. The van der Waals surface area contributed by atoms with Crippen LogP contribution in [0.15, 0.2) is 18.2 Å². The van der Waals surface area contributed by atoms with Gasteiger partial charge in [-0.05, 0) is 31.0 Å². The summed E-state index contributed by atoms with van der Waals surface area (Å²) < 4.78 is 13.2. The van der Waals surface area contributed by atoms with E-state index in [0.717, 1.165) is 6.42 Å². The summed E-state index contributed by atoms with van der Waals surface area (Å²) in [6.07, 6.45) is 2.20.